The zero-order valence-electron chi connectivity index (χ0n) is 21.3. The summed E-state index contributed by atoms with van der Waals surface area (Å²) in [5.41, 5.74) is 2.57. The minimum Gasteiger partial charge on any atom is -0.497 e. The number of methoxy groups -OCH3 is 1. The number of morpholine rings is 1. The van der Waals surface area contributed by atoms with Crippen molar-refractivity contribution in [2.75, 3.05) is 40.0 Å². The van der Waals surface area contributed by atoms with Gasteiger partial charge in [0.2, 0.25) is 0 Å². The zero-order chi connectivity index (χ0) is 26.6. The third-order valence-electron chi connectivity index (χ3n) is 6.71. The summed E-state index contributed by atoms with van der Waals surface area (Å²) in [5, 5.41) is 1.25. The molecule has 0 N–H and O–H groups in total. The minimum atomic E-state index is -0.421. The number of rotatable bonds is 6. The molecule has 1 fully saturated rings. The summed E-state index contributed by atoms with van der Waals surface area (Å²) in [4.78, 5) is 23.1. The molecule has 3 aromatic rings. The number of hydrogen-bond acceptors (Lipinski definition) is 5. The molecule has 198 valence electrons. The molecule has 38 heavy (non-hydrogen) atoms. The fourth-order valence-corrected chi connectivity index (χ4v) is 5.10. The third kappa shape index (κ3) is 5.32. The molecule has 2 aliphatic rings. The van der Waals surface area contributed by atoms with Crippen LogP contribution in [0.1, 0.15) is 35.7 Å². The molecule has 0 radical (unpaired) electrons. The molecule has 0 saturated carbocycles. The van der Waals surface area contributed by atoms with Crippen molar-refractivity contribution in [1.82, 2.24) is 9.80 Å². The van der Waals surface area contributed by atoms with Crippen LogP contribution >= 0.6 is 23.2 Å². The van der Waals surface area contributed by atoms with Crippen LogP contribution in [-0.2, 0) is 4.74 Å². The van der Waals surface area contributed by atoms with Gasteiger partial charge >= 0.3 is 6.03 Å². The standard InChI is InChI=1S/C29H29Cl2N3O4/c1-3-38-25-18-23(36-2)12-13-24(25)28-32-26(19-4-8-21(30)9-5-19)27(20-6-10-22(31)11-7-20)34(28)29(35)33-14-16-37-17-15-33/h4-13,18,26-27H,3,14-17H2,1-2H3. The Bertz CT molecular complexity index is 1310. The molecule has 2 unspecified atom stereocenters. The van der Waals surface area contributed by atoms with Crippen LogP contribution in [0, 0.1) is 0 Å². The SMILES string of the molecule is CCOc1cc(OC)ccc1C1=NC(c2ccc(Cl)cc2)C(c2ccc(Cl)cc2)N1C(=O)N1CCOCC1. The number of carbonyl (C=O) groups excluding carboxylic acids is 1. The van der Waals surface area contributed by atoms with E-state index in [1.165, 1.54) is 0 Å². The van der Waals surface area contributed by atoms with E-state index < -0.39 is 6.04 Å². The van der Waals surface area contributed by atoms with E-state index in [1.807, 2.05) is 78.6 Å². The molecule has 9 heteroatoms. The van der Waals surface area contributed by atoms with E-state index in [4.69, 9.17) is 42.4 Å². The van der Waals surface area contributed by atoms with E-state index in [1.54, 1.807) is 12.0 Å². The van der Waals surface area contributed by atoms with Crippen LogP contribution in [0.4, 0.5) is 4.79 Å². The average Bonchev–Trinajstić information content (AvgIpc) is 3.34. The predicted molar refractivity (Wildman–Crippen MR) is 149 cm³/mol. The van der Waals surface area contributed by atoms with Crippen molar-refractivity contribution in [3.8, 4) is 11.5 Å². The molecule has 1 saturated heterocycles. The molecular formula is C29H29Cl2N3O4. The Kier molecular flexibility index (Phi) is 8.07. The smallest absolute Gasteiger partial charge is 0.326 e. The van der Waals surface area contributed by atoms with Crippen LogP contribution in [0.15, 0.2) is 71.7 Å². The van der Waals surface area contributed by atoms with Gasteiger partial charge in [0.05, 0.1) is 38.5 Å². The van der Waals surface area contributed by atoms with E-state index >= 15 is 0 Å². The van der Waals surface area contributed by atoms with Crippen molar-refractivity contribution >= 4 is 35.1 Å². The fraction of sp³-hybridized carbons (Fsp3) is 0.310. The Morgan fingerprint density at radius 3 is 2.21 bits per heavy atom. The minimum absolute atomic E-state index is 0.137. The van der Waals surface area contributed by atoms with Gasteiger partial charge in [-0.05, 0) is 54.4 Å². The van der Waals surface area contributed by atoms with Gasteiger partial charge < -0.3 is 19.1 Å². The van der Waals surface area contributed by atoms with Crippen LogP contribution in [-0.4, -0.2) is 61.7 Å². The quantitative estimate of drug-likeness (QED) is 0.354. The van der Waals surface area contributed by atoms with Crippen LogP contribution in [0.2, 0.25) is 10.0 Å². The maximum atomic E-state index is 14.3. The van der Waals surface area contributed by atoms with Gasteiger partial charge in [-0.1, -0.05) is 47.5 Å². The number of carbonyl (C=O) groups is 1. The van der Waals surface area contributed by atoms with Gasteiger partial charge in [-0.15, -0.1) is 0 Å². The zero-order valence-corrected chi connectivity index (χ0v) is 22.8. The topological polar surface area (TPSA) is 63.6 Å². The first-order valence-corrected chi connectivity index (χ1v) is 13.3. The number of hydrogen-bond donors (Lipinski definition) is 0. The molecule has 2 atom stereocenters. The first-order chi connectivity index (χ1) is 18.5. The Morgan fingerprint density at radius 2 is 1.61 bits per heavy atom. The molecule has 5 rings (SSSR count). The lowest BCUT2D eigenvalue weighted by Crippen LogP contribution is -2.50. The first-order valence-electron chi connectivity index (χ1n) is 12.6. The highest BCUT2D eigenvalue weighted by atomic mass is 35.5. The van der Waals surface area contributed by atoms with Crippen molar-refractivity contribution in [2.45, 2.75) is 19.0 Å². The first kappa shape index (κ1) is 26.4. The molecule has 0 bridgehead atoms. The normalized spacial score (nSPS) is 19.3. The number of ether oxygens (including phenoxy) is 3. The summed E-state index contributed by atoms with van der Waals surface area (Å²) >= 11 is 12.5. The number of urea groups is 1. The number of amidine groups is 1. The summed E-state index contributed by atoms with van der Waals surface area (Å²) in [6.07, 6.45) is 0. The van der Waals surface area contributed by atoms with Crippen LogP contribution in [0.25, 0.3) is 0 Å². The molecular weight excluding hydrogens is 525 g/mol. The Hall–Kier alpha value is -3.26. The highest BCUT2D eigenvalue weighted by Crippen LogP contribution is 2.45. The van der Waals surface area contributed by atoms with E-state index in [9.17, 15) is 4.79 Å². The van der Waals surface area contributed by atoms with Gasteiger partial charge in [0.1, 0.15) is 23.4 Å². The van der Waals surface area contributed by atoms with E-state index in [2.05, 4.69) is 0 Å². The van der Waals surface area contributed by atoms with E-state index in [-0.39, 0.29) is 12.1 Å². The highest BCUT2D eigenvalue weighted by molar-refractivity contribution is 6.30. The van der Waals surface area contributed by atoms with Crippen LogP contribution in [0.5, 0.6) is 11.5 Å². The van der Waals surface area contributed by atoms with Gasteiger partial charge in [0.15, 0.2) is 0 Å². The summed E-state index contributed by atoms with van der Waals surface area (Å²) in [7, 11) is 1.61. The molecule has 2 amide bonds. The second-order valence-electron chi connectivity index (χ2n) is 8.99. The second kappa shape index (κ2) is 11.6. The lowest BCUT2D eigenvalue weighted by Gasteiger charge is -2.36. The van der Waals surface area contributed by atoms with Crippen molar-refractivity contribution in [1.29, 1.82) is 0 Å². The number of amides is 2. The summed E-state index contributed by atoms with van der Waals surface area (Å²) in [6.45, 7) is 4.36. The number of nitrogens with zero attached hydrogens (tertiary/aromatic N) is 3. The maximum Gasteiger partial charge on any atom is 0.326 e. The molecule has 2 aliphatic heterocycles. The van der Waals surface area contributed by atoms with Gasteiger partial charge in [0, 0.05) is 29.2 Å². The van der Waals surface area contributed by atoms with Crippen molar-refractivity contribution < 1.29 is 19.0 Å². The van der Waals surface area contributed by atoms with Crippen LogP contribution in [0.3, 0.4) is 0 Å². The van der Waals surface area contributed by atoms with E-state index in [0.717, 1.165) is 11.1 Å². The summed E-state index contributed by atoms with van der Waals surface area (Å²) < 4.78 is 17.0. The largest absolute Gasteiger partial charge is 0.497 e. The lowest BCUT2D eigenvalue weighted by atomic mass is 9.93. The van der Waals surface area contributed by atoms with Crippen molar-refractivity contribution in [3.63, 3.8) is 0 Å². The van der Waals surface area contributed by atoms with Gasteiger partial charge in [-0.2, -0.15) is 0 Å². The van der Waals surface area contributed by atoms with Gasteiger partial charge in [-0.25, -0.2) is 4.79 Å². The fourth-order valence-electron chi connectivity index (χ4n) is 4.85. The highest BCUT2D eigenvalue weighted by Gasteiger charge is 2.44. The molecule has 0 aromatic heterocycles. The monoisotopic (exact) mass is 553 g/mol. The molecule has 3 aromatic carbocycles. The maximum absolute atomic E-state index is 14.3. The number of benzene rings is 3. The molecule has 2 heterocycles. The Balaban J connectivity index is 1.69. The van der Waals surface area contributed by atoms with Crippen molar-refractivity contribution in [2.24, 2.45) is 4.99 Å². The predicted octanol–water partition coefficient (Wildman–Crippen LogP) is 6.40. The second-order valence-corrected chi connectivity index (χ2v) is 9.87. The number of halogens is 2. The molecule has 0 aliphatic carbocycles. The van der Waals surface area contributed by atoms with Gasteiger partial charge in [0.25, 0.3) is 0 Å². The third-order valence-corrected chi connectivity index (χ3v) is 7.21. The van der Waals surface area contributed by atoms with Gasteiger partial charge in [-0.3, -0.25) is 9.89 Å². The van der Waals surface area contributed by atoms with Crippen LogP contribution < -0.4 is 9.47 Å². The molecule has 0 spiro atoms. The van der Waals surface area contributed by atoms with Crippen molar-refractivity contribution in [3.05, 3.63) is 93.5 Å². The lowest BCUT2D eigenvalue weighted by molar-refractivity contribution is 0.0459. The van der Waals surface area contributed by atoms with E-state index in [0.29, 0.717) is 65.9 Å². The summed E-state index contributed by atoms with van der Waals surface area (Å²) in [5.74, 6) is 1.79. The molecule has 7 nitrogen and oxygen atoms in total. The summed E-state index contributed by atoms with van der Waals surface area (Å²) in [6, 6.07) is 19.8. The Labute approximate surface area is 232 Å². The Morgan fingerprint density at radius 1 is 0.974 bits per heavy atom. The average molecular weight is 554 g/mol. The number of aliphatic imine (C=N–C) groups is 1.